The van der Waals surface area contributed by atoms with Gasteiger partial charge in [-0.05, 0) is 12.1 Å². The Hall–Kier alpha value is -3.44. The first-order valence-corrected chi connectivity index (χ1v) is 9.13. The molecule has 1 saturated heterocycles. The molecule has 4 aromatic heterocycles. The van der Waals surface area contributed by atoms with E-state index in [0.717, 1.165) is 18.9 Å². The zero-order chi connectivity index (χ0) is 19.6. The summed E-state index contributed by atoms with van der Waals surface area (Å²) in [6.07, 6.45) is 5.17. The number of anilines is 1. The lowest BCUT2D eigenvalue weighted by molar-refractivity contribution is 0.122. The van der Waals surface area contributed by atoms with Gasteiger partial charge in [0.15, 0.2) is 11.6 Å². The lowest BCUT2D eigenvalue weighted by atomic mass is 10.2. The molecular weight excluding hydrogens is 376 g/mol. The minimum atomic E-state index is 0.271. The van der Waals surface area contributed by atoms with Crippen LogP contribution in [0.15, 0.2) is 35.4 Å². The van der Waals surface area contributed by atoms with E-state index < -0.39 is 0 Å². The fourth-order valence-electron chi connectivity index (χ4n) is 3.14. The maximum absolute atomic E-state index is 5.49. The Labute approximate surface area is 165 Å². The second kappa shape index (κ2) is 7.53. The molecule has 0 bridgehead atoms. The molecule has 5 rings (SSSR count). The summed E-state index contributed by atoms with van der Waals surface area (Å²) < 4.78 is 17.6. The molecule has 0 aromatic carbocycles. The van der Waals surface area contributed by atoms with Crippen LogP contribution in [0.25, 0.3) is 28.6 Å². The standard InChI is InChI=1S/C18H18N8O3/c1-27-10-14-22-17(29-24-14)13-3-2-12-15(20-13)16(25-6-8-28-9-7-25)23-18(21-12)26-5-4-19-11-26/h2-5,11H,6-10H2,1H3. The third-order valence-corrected chi connectivity index (χ3v) is 4.52. The van der Waals surface area contributed by atoms with Crippen LogP contribution < -0.4 is 4.90 Å². The van der Waals surface area contributed by atoms with E-state index in [2.05, 4.69) is 25.0 Å². The van der Waals surface area contributed by atoms with Gasteiger partial charge in [-0.1, -0.05) is 5.16 Å². The van der Waals surface area contributed by atoms with Crippen molar-refractivity contribution in [3.63, 3.8) is 0 Å². The number of ether oxygens (including phenoxy) is 2. The van der Waals surface area contributed by atoms with E-state index in [1.54, 1.807) is 30.3 Å². The molecule has 1 aliphatic rings. The molecule has 11 nitrogen and oxygen atoms in total. The molecule has 0 N–H and O–H groups in total. The predicted molar refractivity (Wildman–Crippen MR) is 101 cm³/mol. The lowest BCUT2D eigenvalue weighted by Crippen LogP contribution is -2.37. The van der Waals surface area contributed by atoms with Crippen LogP contribution in [0.5, 0.6) is 0 Å². The molecule has 0 amide bonds. The SMILES string of the molecule is COCc1noc(-c2ccc3nc(-n4ccnc4)nc(N4CCOCC4)c3n2)n1. The molecule has 0 unspecified atom stereocenters. The molecule has 0 aliphatic carbocycles. The fourth-order valence-corrected chi connectivity index (χ4v) is 3.14. The van der Waals surface area contributed by atoms with Gasteiger partial charge in [0, 0.05) is 32.6 Å². The Morgan fingerprint density at radius 1 is 1.10 bits per heavy atom. The van der Waals surface area contributed by atoms with Crippen molar-refractivity contribution in [1.82, 2.24) is 34.6 Å². The van der Waals surface area contributed by atoms with E-state index in [0.29, 0.717) is 47.6 Å². The van der Waals surface area contributed by atoms with Crippen molar-refractivity contribution in [1.29, 1.82) is 0 Å². The van der Waals surface area contributed by atoms with Crippen molar-refractivity contribution in [2.45, 2.75) is 6.61 Å². The van der Waals surface area contributed by atoms with E-state index in [-0.39, 0.29) is 6.61 Å². The van der Waals surface area contributed by atoms with E-state index >= 15 is 0 Å². The van der Waals surface area contributed by atoms with Gasteiger partial charge in [-0.25, -0.2) is 15.0 Å². The van der Waals surface area contributed by atoms with Crippen molar-refractivity contribution >= 4 is 16.9 Å². The number of imidazole rings is 1. The van der Waals surface area contributed by atoms with Crippen LogP contribution in [0, 0.1) is 0 Å². The Morgan fingerprint density at radius 2 is 2.00 bits per heavy atom. The fraction of sp³-hybridized carbons (Fsp3) is 0.333. The van der Waals surface area contributed by atoms with Crippen molar-refractivity contribution in [3.8, 4) is 17.5 Å². The summed E-state index contributed by atoms with van der Waals surface area (Å²) >= 11 is 0. The lowest BCUT2D eigenvalue weighted by Gasteiger charge is -2.28. The normalized spacial score (nSPS) is 14.6. The molecule has 148 valence electrons. The van der Waals surface area contributed by atoms with Gasteiger partial charge in [0.05, 0.1) is 18.7 Å². The number of pyridine rings is 1. The number of hydrogen-bond acceptors (Lipinski definition) is 10. The van der Waals surface area contributed by atoms with Gasteiger partial charge in [0.1, 0.15) is 24.1 Å². The maximum atomic E-state index is 5.49. The average molecular weight is 394 g/mol. The smallest absolute Gasteiger partial charge is 0.276 e. The van der Waals surface area contributed by atoms with E-state index in [9.17, 15) is 0 Å². The van der Waals surface area contributed by atoms with Crippen molar-refractivity contribution < 1.29 is 14.0 Å². The third kappa shape index (κ3) is 3.41. The van der Waals surface area contributed by atoms with E-state index in [4.69, 9.17) is 24.0 Å². The summed E-state index contributed by atoms with van der Waals surface area (Å²) in [6.45, 7) is 2.98. The number of fused-ring (bicyclic) bond motifs is 1. The van der Waals surface area contributed by atoms with Gasteiger partial charge < -0.3 is 18.9 Å². The number of rotatable bonds is 5. The monoisotopic (exact) mass is 394 g/mol. The van der Waals surface area contributed by atoms with Crippen LogP contribution >= 0.6 is 0 Å². The highest BCUT2D eigenvalue weighted by atomic mass is 16.5. The summed E-state index contributed by atoms with van der Waals surface area (Å²) in [5.41, 5.74) is 1.94. The Morgan fingerprint density at radius 3 is 2.79 bits per heavy atom. The van der Waals surface area contributed by atoms with Gasteiger partial charge in [0.25, 0.3) is 5.89 Å². The summed E-state index contributed by atoms with van der Waals surface area (Å²) in [5, 5.41) is 3.90. The van der Waals surface area contributed by atoms with Crippen LogP contribution in [0.3, 0.4) is 0 Å². The first kappa shape index (κ1) is 17.6. The van der Waals surface area contributed by atoms with Gasteiger partial charge in [-0.3, -0.25) is 4.57 Å². The van der Waals surface area contributed by atoms with Gasteiger partial charge in [-0.2, -0.15) is 9.97 Å². The molecule has 29 heavy (non-hydrogen) atoms. The first-order chi connectivity index (χ1) is 14.3. The zero-order valence-electron chi connectivity index (χ0n) is 15.7. The molecule has 0 atom stereocenters. The zero-order valence-corrected chi connectivity index (χ0v) is 15.7. The topological polar surface area (TPSA) is 117 Å². The number of methoxy groups -OCH3 is 1. The van der Waals surface area contributed by atoms with Crippen molar-refractivity contribution in [2.75, 3.05) is 38.3 Å². The van der Waals surface area contributed by atoms with Crippen LogP contribution in [0.2, 0.25) is 0 Å². The molecule has 0 spiro atoms. The molecular formula is C18H18N8O3. The van der Waals surface area contributed by atoms with Crippen LogP contribution in [-0.4, -0.2) is 68.1 Å². The minimum Gasteiger partial charge on any atom is -0.378 e. The number of nitrogens with zero attached hydrogens (tertiary/aromatic N) is 8. The highest BCUT2D eigenvalue weighted by Crippen LogP contribution is 2.27. The highest BCUT2D eigenvalue weighted by Gasteiger charge is 2.20. The van der Waals surface area contributed by atoms with Crippen molar-refractivity contribution in [2.24, 2.45) is 0 Å². The highest BCUT2D eigenvalue weighted by molar-refractivity contribution is 5.87. The van der Waals surface area contributed by atoms with Gasteiger partial charge >= 0.3 is 0 Å². The summed E-state index contributed by atoms with van der Waals surface area (Å²) in [7, 11) is 1.58. The van der Waals surface area contributed by atoms with Crippen molar-refractivity contribution in [3.05, 3.63) is 36.7 Å². The average Bonchev–Trinajstić information content (AvgIpc) is 3.46. The summed E-state index contributed by atoms with van der Waals surface area (Å²) in [5.74, 6) is 2.06. The van der Waals surface area contributed by atoms with Crippen LogP contribution in [0.1, 0.15) is 5.82 Å². The molecule has 1 fully saturated rings. The second-order valence-corrected chi connectivity index (χ2v) is 6.43. The predicted octanol–water partition coefficient (Wildman–Crippen LogP) is 1.24. The van der Waals surface area contributed by atoms with Gasteiger partial charge in [0.2, 0.25) is 5.95 Å². The Balaban J connectivity index is 1.63. The Kier molecular flexibility index (Phi) is 4.58. The molecule has 4 aromatic rings. The summed E-state index contributed by atoms with van der Waals surface area (Å²) in [4.78, 5) is 24.7. The molecule has 1 aliphatic heterocycles. The van der Waals surface area contributed by atoms with Crippen LogP contribution in [0.4, 0.5) is 5.82 Å². The Bertz CT molecular complexity index is 1120. The van der Waals surface area contributed by atoms with Crippen LogP contribution in [-0.2, 0) is 16.1 Å². The largest absolute Gasteiger partial charge is 0.378 e. The van der Waals surface area contributed by atoms with E-state index in [1.807, 2.05) is 12.3 Å². The van der Waals surface area contributed by atoms with Gasteiger partial charge in [-0.15, -0.1) is 0 Å². The number of morpholine rings is 1. The molecule has 5 heterocycles. The molecule has 0 saturated carbocycles. The number of aromatic nitrogens is 7. The second-order valence-electron chi connectivity index (χ2n) is 6.43. The number of hydrogen-bond donors (Lipinski definition) is 0. The summed E-state index contributed by atoms with van der Waals surface area (Å²) in [6, 6.07) is 3.68. The first-order valence-electron chi connectivity index (χ1n) is 9.13. The minimum absolute atomic E-state index is 0.271. The molecule has 11 heteroatoms. The maximum Gasteiger partial charge on any atom is 0.276 e. The quantitative estimate of drug-likeness (QED) is 0.489. The molecule has 0 radical (unpaired) electrons. The van der Waals surface area contributed by atoms with E-state index in [1.165, 1.54) is 0 Å². The third-order valence-electron chi connectivity index (χ3n) is 4.52.